The van der Waals surface area contributed by atoms with Gasteiger partial charge in [0.1, 0.15) is 5.78 Å². The van der Waals surface area contributed by atoms with Crippen molar-refractivity contribution in [2.24, 2.45) is 0 Å². The monoisotopic (exact) mass is 348 g/mol. The smallest absolute Gasteiger partial charge is 0.323 e. The summed E-state index contributed by atoms with van der Waals surface area (Å²) in [6.45, 7) is 4.13. The van der Waals surface area contributed by atoms with Gasteiger partial charge in [-0.1, -0.05) is 42.5 Å². The van der Waals surface area contributed by atoms with Crippen molar-refractivity contribution in [3.63, 3.8) is 0 Å². The van der Waals surface area contributed by atoms with Crippen molar-refractivity contribution in [2.45, 2.75) is 46.0 Å². The SMILES string of the molecule is Cc1cccc2c1CCC(=O)C2.Cc1ccccc1CCC(=O)C=[N+]=[N-]. The molecule has 4 nitrogen and oxygen atoms in total. The molecule has 0 fully saturated rings. The summed E-state index contributed by atoms with van der Waals surface area (Å²) in [7, 11) is 0. The zero-order valence-corrected chi connectivity index (χ0v) is 15.4. The van der Waals surface area contributed by atoms with E-state index in [0.29, 0.717) is 25.0 Å². The zero-order chi connectivity index (χ0) is 18.9. The molecular formula is C22H24N2O2. The molecule has 0 aliphatic heterocycles. The van der Waals surface area contributed by atoms with E-state index in [9.17, 15) is 9.59 Å². The van der Waals surface area contributed by atoms with Gasteiger partial charge in [0.2, 0.25) is 5.78 Å². The Bertz CT molecular complexity index is 849. The second kappa shape index (κ2) is 9.59. The first-order valence-corrected chi connectivity index (χ1v) is 8.85. The Morgan fingerprint density at radius 1 is 1.08 bits per heavy atom. The van der Waals surface area contributed by atoms with Gasteiger partial charge < -0.3 is 5.53 Å². The minimum absolute atomic E-state index is 0.157. The van der Waals surface area contributed by atoms with E-state index in [0.717, 1.165) is 24.6 Å². The third-order valence-electron chi connectivity index (χ3n) is 4.65. The van der Waals surface area contributed by atoms with Gasteiger partial charge in [-0.15, -0.1) is 0 Å². The van der Waals surface area contributed by atoms with Crippen molar-refractivity contribution in [1.29, 1.82) is 0 Å². The highest BCUT2D eigenvalue weighted by molar-refractivity contribution is 6.25. The van der Waals surface area contributed by atoms with Crippen molar-refractivity contribution < 1.29 is 14.4 Å². The molecule has 134 valence electrons. The highest BCUT2D eigenvalue weighted by Gasteiger charge is 2.15. The largest absolute Gasteiger partial charge is 0.361 e. The molecular weight excluding hydrogens is 324 g/mol. The number of carbonyl (C=O) groups excluding carboxylic acids is 2. The maximum Gasteiger partial charge on any atom is 0.323 e. The maximum atomic E-state index is 11.1. The Morgan fingerprint density at radius 3 is 2.54 bits per heavy atom. The summed E-state index contributed by atoms with van der Waals surface area (Å²) in [5.74, 6) is 0.226. The van der Waals surface area contributed by atoms with Gasteiger partial charge in [-0.25, -0.2) is 0 Å². The number of fused-ring (bicyclic) bond motifs is 1. The summed E-state index contributed by atoms with van der Waals surface area (Å²) in [6, 6.07) is 14.2. The summed E-state index contributed by atoms with van der Waals surface area (Å²) in [6.07, 6.45) is 4.35. The second-order valence-electron chi connectivity index (χ2n) is 6.57. The van der Waals surface area contributed by atoms with Crippen LogP contribution in [0, 0.1) is 13.8 Å². The quantitative estimate of drug-likeness (QED) is 0.478. The number of ketones is 2. The molecule has 3 rings (SSSR count). The van der Waals surface area contributed by atoms with Crippen LogP contribution in [0.4, 0.5) is 0 Å². The van der Waals surface area contributed by atoms with Gasteiger partial charge in [0.05, 0.1) is 0 Å². The Labute approximate surface area is 154 Å². The maximum absolute atomic E-state index is 11.1. The Balaban J connectivity index is 0.000000189. The molecule has 2 aromatic rings. The molecule has 26 heavy (non-hydrogen) atoms. The van der Waals surface area contributed by atoms with Crippen LogP contribution in [-0.4, -0.2) is 22.6 Å². The summed E-state index contributed by atoms with van der Waals surface area (Å²) in [5.41, 5.74) is 14.5. The predicted molar refractivity (Wildman–Crippen MR) is 102 cm³/mol. The minimum atomic E-state index is -0.157. The van der Waals surface area contributed by atoms with Gasteiger partial charge in [0.25, 0.3) is 0 Å². The fraction of sp³-hybridized carbons (Fsp3) is 0.318. The average molecular weight is 348 g/mol. The average Bonchev–Trinajstić information content (AvgIpc) is 2.62. The van der Waals surface area contributed by atoms with Gasteiger partial charge in [-0.2, -0.15) is 4.79 Å². The molecule has 1 aliphatic carbocycles. The molecule has 0 bridgehead atoms. The molecule has 0 atom stereocenters. The number of benzene rings is 2. The summed E-state index contributed by atoms with van der Waals surface area (Å²) in [4.78, 5) is 24.9. The van der Waals surface area contributed by atoms with Crippen molar-refractivity contribution in [3.8, 4) is 0 Å². The number of Topliss-reactive ketones (excluding diaryl/α,β-unsaturated/α-hetero) is 2. The van der Waals surface area contributed by atoms with Crippen LogP contribution in [0.1, 0.15) is 40.7 Å². The van der Waals surface area contributed by atoms with Gasteiger partial charge in [0.15, 0.2) is 0 Å². The highest BCUT2D eigenvalue weighted by atomic mass is 16.1. The van der Waals surface area contributed by atoms with Crippen molar-refractivity contribution in [2.75, 3.05) is 0 Å². The molecule has 0 aromatic heterocycles. The predicted octanol–water partition coefficient (Wildman–Crippen LogP) is 3.85. The first-order chi connectivity index (χ1) is 12.5. The molecule has 0 N–H and O–H groups in total. The van der Waals surface area contributed by atoms with Crippen LogP contribution in [0.2, 0.25) is 0 Å². The molecule has 0 unspecified atom stereocenters. The number of hydrogen-bond donors (Lipinski definition) is 0. The molecule has 0 spiro atoms. The lowest BCUT2D eigenvalue weighted by molar-refractivity contribution is -0.118. The van der Waals surface area contributed by atoms with E-state index in [-0.39, 0.29) is 5.78 Å². The zero-order valence-electron chi connectivity index (χ0n) is 15.4. The molecule has 0 saturated heterocycles. The Morgan fingerprint density at radius 2 is 1.81 bits per heavy atom. The van der Waals surface area contributed by atoms with E-state index in [1.165, 1.54) is 22.3 Å². The normalized spacial score (nSPS) is 12.3. The highest BCUT2D eigenvalue weighted by Crippen LogP contribution is 2.21. The van der Waals surface area contributed by atoms with E-state index in [4.69, 9.17) is 5.53 Å². The van der Waals surface area contributed by atoms with Gasteiger partial charge in [0, 0.05) is 19.3 Å². The molecule has 0 amide bonds. The van der Waals surface area contributed by atoms with Crippen LogP contribution < -0.4 is 0 Å². The standard InChI is InChI=1S/C11H12N2O.C11H12O/c1-9-4-2-3-5-10(9)6-7-11(14)8-13-12;1-8-3-2-4-9-7-10(12)5-6-11(8)9/h2-5,8H,6-7H2,1H3;2-4H,5-7H2,1H3. The van der Waals surface area contributed by atoms with Crippen LogP contribution in [0.5, 0.6) is 0 Å². The van der Waals surface area contributed by atoms with Crippen molar-refractivity contribution in [3.05, 3.63) is 75.8 Å². The number of rotatable bonds is 4. The van der Waals surface area contributed by atoms with Gasteiger partial charge in [-0.05, 0) is 54.5 Å². The minimum Gasteiger partial charge on any atom is -0.361 e. The fourth-order valence-electron chi connectivity index (χ4n) is 3.13. The van der Waals surface area contributed by atoms with Crippen LogP contribution in [0.15, 0.2) is 42.5 Å². The Hall–Kier alpha value is -2.84. The third-order valence-corrected chi connectivity index (χ3v) is 4.65. The number of hydrogen-bond acceptors (Lipinski definition) is 2. The lowest BCUT2D eigenvalue weighted by Crippen LogP contribution is -2.13. The first kappa shape index (κ1) is 19.5. The summed E-state index contributed by atoms with van der Waals surface area (Å²) < 4.78 is 0. The molecule has 0 heterocycles. The van der Waals surface area contributed by atoms with Gasteiger partial charge >= 0.3 is 6.21 Å². The van der Waals surface area contributed by atoms with Crippen LogP contribution >= 0.6 is 0 Å². The first-order valence-electron chi connectivity index (χ1n) is 8.85. The third kappa shape index (κ3) is 5.61. The van der Waals surface area contributed by atoms with E-state index in [1.54, 1.807) is 0 Å². The Kier molecular flexibility index (Phi) is 7.19. The van der Waals surface area contributed by atoms with Crippen LogP contribution in [0.25, 0.3) is 5.53 Å². The van der Waals surface area contributed by atoms with Crippen molar-refractivity contribution >= 4 is 17.8 Å². The van der Waals surface area contributed by atoms with E-state index in [1.807, 2.05) is 37.3 Å². The molecule has 0 radical (unpaired) electrons. The van der Waals surface area contributed by atoms with E-state index >= 15 is 0 Å². The van der Waals surface area contributed by atoms with Gasteiger partial charge in [-0.3, -0.25) is 9.59 Å². The number of carbonyl (C=O) groups is 2. The molecule has 2 aromatic carbocycles. The number of nitrogens with zero attached hydrogens (tertiary/aromatic N) is 2. The number of aryl methyl sites for hydroxylation is 3. The molecule has 1 aliphatic rings. The van der Waals surface area contributed by atoms with E-state index < -0.39 is 0 Å². The molecule has 0 saturated carbocycles. The fourth-order valence-corrected chi connectivity index (χ4v) is 3.13. The van der Waals surface area contributed by atoms with Crippen molar-refractivity contribution in [1.82, 2.24) is 0 Å². The van der Waals surface area contributed by atoms with E-state index in [2.05, 4.69) is 23.8 Å². The summed E-state index contributed by atoms with van der Waals surface area (Å²) >= 11 is 0. The lowest BCUT2D eigenvalue weighted by atomic mass is 9.88. The van der Waals surface area contributed by atoms with Crippen LogP contribution in [-0.2, 0) is 28.9 Å². The summed E-state index contributed by atoms with van der Waals surface area (Å²) in [5, 5.41) is 0. The second-order valence-corrected chi connectivity index (χ2v) is 6.57. The van der Waals surface area contributed by atoms with Crippen LogP contribution in [0.3, 0.4) is 0 Å². The lowest BCUT2D eigenvalue weighted by Gasteiger charge is -2.16. The topological polar surface area (TPSA) is 70.5 Å². The molecule has 4 heteroatoms.